The summed E-state index contributed by atoms with van der Waals surface area (Å²) in [5, 5.41) is 3.91. The van der Waals surface area contributed by atoms with Crippen LogP contribution in [0.4, 0.5) is 0 Å². The van der Waals surface area contributed by atoms with Crippen LogP contribution in [0.2, 0.25) is 0 Å². The van der Waals surface area contributed by atoms with Gasteiger partial charge in [0.25, 0.3) is 0 Å². The minimum absolute atomic E-state index is 0.299. The molecule has 1 aromatic carbocycles. The minimum atomic E-state index is -0.693. The van der Waals surface area contributed by atoms with Gasteiger partial charge in [-0.15, -0.1) is 0 Å². The highest BCUT2D eigenvalue weighted by Crippen LogP contribution is 2.20. The summed E-state index contributed by atoms with van der Waals surface area (Å²) in [5.41, 5.74) is 3.01. The second-order valence-corrected chi connectivity index (χ2v) is 7.06. The van der Waals surface area contributed by atoms with Gasteiger partial charge in [-0.1, -0.05) is 31.2 Å². The molecule has 0 aliphatic heterocycles. The van der Waals surface area contributed by atoms with Crippen LogP contribution < -0.4 is 5.32 Å². The van der Waals surface area contributed by atoms with E-state index in [2.05, 4.69) is 36.5 Å². The summed E-state index contributed by atoms with van der Waals surface area (Å²) in [7, 11) is -0.693. The van der Waals surface area contributed by atoms with Gasteiger partial charge in [0.15, 0.2) is 0 Å². The van der Waals surface area contributed by atoms with E-state index in [0.29, 0.717) is 11.3 Å². The second-order valence-electron chi connectivity index (χ2n) is 5.26. The number of hydrogen-bond acceptors (Lipinski definition) is 2. The van der Waals surface area contributed by atoms with Crippen molar-refractivity contribution in [1.29, 1.82) is 0 Å². The Labute approximate surface area is 113 Å². The summed E-state index contributed by atoms with van der Waals surface area (Å²) in [6, 6.07) is 9.34. The lowest BCUT2D eigenvalue weighted by molar-refractivity contribution is 0.453. The molecule has 0 heterocycles. The lowest BCUT2D eigenvalue weighted by Crippen LogP contribution is -2.36. The highest BCUT2D eigenvalue weighted by Gasteiger charge is 2.17. The van der Waals surface area contributed by atoms with Crippen molar-refractivity contribution in [1.82, 2.24) is 5.32 Å². The van der Waals surface area contributed by atoms with E-state index in [-0.39, 0.29) is 0 Å². The smallest absolute Gasteiger partial charge is 0.0329 e. The van der Waals surface area contributed by atoms with Gasteiger partial charge in [-0.05, 0) is 43.4 Å². The summed E-state index contributed by atoms with van der Waals surface area (Å²) in [5.74, 6) is 0. The first-order chi connectivity index (χ1) is 8.66. The van der Waals surface area contributed by atoms with E-state index >= 15 is 0 Å². The van der Waals surface area contributed by atoms with Crippen LogP contribution in [0, 0.1) is 0 Å². The maximum atomic E-state index is 11.3. The minimum Gasteiger partial charge on any atom is -0.314 e. The molecule has 0 unspecified atom stereocenters. The van der Waals surface area contributed by atoms with Gasteiger partial charge in [0.2, 0.25) is 0 Å². The Kier molecular flexibility index (Phi) is 4.95. The van der Waals surface area contributed by atoms with Crippen molar-refractivity contribution in [3.8, 4) is 0 Å². The predicted octanol–water partition coefficient (Wildman–Crippen LogP) is 2.29. The molecule has 0 amide bonds. The van der Waals surface area contributed by atoms with E-state index in [1.165, 1.54) is 24.0 Å². The molecule has 0 saturated carbocycles. The molecule has 1 aliphatic carbocycles. The predicted molar refractivity (Wildman–Crippen MR) is 78.4 cm³/mol. The molecule has 0 bridgehead atoms. The Hall–Kier alpha value is -0.670. The zero-order valence-electron chi connectivity index (χ0n) is 11.3. The largest absolute Gasteiger partial charge is 0.314 e. The number of hydrogen-bond donors (Lipinski definition) is 1. The lowest BCUT2D eigenvalue weighted by Gasteiger charge is -2.26. The Morgan fingerprint density at radius 3 is 2.83 bits per heavy atom. The van der Waals surface area contributed by atoms with Crippen LogP contribution in [0.3, 0.4) is 0 Å². The van der Waals surface area contributed by atoms with Gasteiger partial charge in [-0.25, -0.2) is 0 Å². The summed E-state index contributed by atoms with van der Waals surface area (Å²) in [6.45, 7) is 3.04. The van der Waals surface area contributed by atoms with Crippen LogP contribution >= 0.6 is 0 Å². The Morgan fingerprint density at radius 2 is 2.11 bits per heavy atom. The number of fused-ring (bicyclic) bond motifs is 1. The normalized spacial score (nSPS) is 22.2. The molecule has 0 saturated heterocycles. The van der Waals surface area contributed by atoms with Crippen LogP contribution in [0.15, 0.2) is 24.3 Å². The monoisotopic (exact) mass is 265 g/mol. The van der Waals surface area contributed by atoms with Crippen molar-refractivity contribution in [2.24, 2.45) is 0 Å². The fourth-order valence-corrected chi connectivity index (χ4v) is 2.98. The molecule has 2 nitrogen and oxygen atoms in total. The molecule has 0 aromatic heterocycles. The van der Waals surface area contributed by atoms with Crippen LogP contribution in [-0.2, 0) is 23.6 Å². The van der Waals surface area contributed by atoms with Gasteiger partial charge in [-0.2, -0.15) is 0 Å². The van der Waals surface area contributed by atoms with Crippen molar-refractivity contribution in [2.75, 3.05) is 12.8 Å². The molecular weight excluding hydrogens is 242 g/mol. The SMILES string of the molecule is C[C@@H](CCN[C@H]1CCc2ccccc2C1)[S@](C)=O. The first-order valence-corrected chi connectivity index (χ1v) is 8.41. The molecule has 3 atom stereocenters. The molecule has 0 fully saturated rings. The van der Waals surface area contributed by atoms with Gasteiger partial charge < -0.3 is 5.32 Å². The van der Waals surface area contributed by atoms with E-state index in [1.54, 1.807) is 6.26 Å². The molecule has 1 N–H and O–H groups in total. The van der Waals surface area contributed by atoms with Crippen molar-refractivity contribution >= 4 is 10.8 Å². The Balaban J connectivity index is 1.78. The van der Waals surface area contributed by atoms with Crippen molar-refractivity contribution in [3.05, 3.63) is 35.4 Å². The lowest BCUT2D eigenvalue weighted by atomic mass is 9.88. The number of rotatable bonds is 5. The topological polar surface area (TPSA) is 29.1 Å². The highest BCUT2D eigenvalue weighted by molar-refractivity contribution is 7.84. The quantitative estimate of drug-likeness (QED) is 0.885. The zero-order chi connectivity index (χ0) is 13.0. The standard InChI is InChI=1S/C15H23NOS/c1-12(18(2)17)9-10-16-15-8-7-13-5-3-4-6-14(13)11-15/h3-6,12,15-16H,7-11H2,1-2H3/t12-,15-,18-/m0/s1. The van der Waals surface area contributed by atoms with Crippen molar-refractivity contribution in [3.63, 3.8) is 0 Å². The van der Waals surface area contributed by atoms with Crippen LogP contribution in [0.5, 0.6) is 0 Å². The van der Waals surface area contributed by atoms with Crippen molar-refractivity contribution in [2.45, 2.75) is 43.9 Å². The fraction of sp³-hybridized carbons (Fsp3) is 0.600. The molecule has 0 spiro atoms. The third kappa shape index (κ3) is 3.66. The molecule has 18 heavy (non-hydrogen) atoms. The number of nitrogens with one attached hydrogen (secondary N) is 1. The fourth-order valence-electron chi connectivity index (χ4n) is 2.53. The summed E-state index contributed by atoms with van der Waals surface area (Å²) >= 11 is 0. The molecule has 2 rings (SSSR count). The maximum Gasteiger partial charge on any atom is 0.0329 e. The van der Waals surface area contributed by atoms with E-state index in [9.17, 15) is 4.21 Å². The van der Waals surface area contributed by atoms with Gasteiger partial charge in [0, 0.05) is 28.3 Å². The average Bonchev–Trinajstić information content (AvgIpc) is 2.38. The van der Waals surface area contributed by atoms with Gasteiger partial charge in [0.05, 0.1) is 0 Å². The van der Waals surface area contributed by atoms with Gasteiger partial charge in [-0.3, -0.25) is 4.21 Å². The van der Waals surface area contributed by atoms with Gasteiger partial charge >= 0.3 is 0 Å². The maximum absolute atomic E-state index is 11.3. The van der Waals surface area contributed by atoms with E-state index in [1.807, 2.05) is 0 Å². The summed E-state index contributed by atoms with van der Waals surface area (Å²) in [4.78, 5) is 0. The van der Waals surface area contributed by atoms with Crippen LogP contribution in [0.25, 0.3) is 0 Å². The number of benzene rings is 1. The van der Waals surface area contributed by atoms with Gasteiger partial charge in [0.1, 0.15) is 0 Å². The number of aryl methyl sites for hydroxylation is 1. The Bertz CT molecular complexity index is 419. The van der Waals surface area contributed by atoms with Crippen molar-refractivity contribution < 1.29 is 4.21 Å². The van der Waals surface area contributed by atoms with Crippen LogP contribution in [-0.4, -0.2) is 28.3 Å². The second kappa shape index (κ2) is 6.48. The van der Waals surface area contributed by atoms with E-state index in [0.717, 1.165) is 19.4 Å². The van der Waals surface area contributed by atoms with E-state index in [4.69, 9.17) is 0 Å². The molecular formula is C15H23NOS. The third-order valence-corrected chi connectivity index (χ3v) is 5.27. The van der Waals surface area contributed by atoms with Crippen LogP contribution in [0.1, 0.15) is 30.9 Å². The summed E-state index contributed by atoms with van der Waals surface area (Å²) in [6.07, 6.45) is 6.34. The molecule has 3 heteroatoms. The first-order valence-electron chi connectivity index (χ1n) is 6.79. The highest BCUT2D eigenvalue weighted by atomic mass is 32.2. The first kappa shape index (κ1) is 13.8. The molecule has 0 radical (unpaired) electrons. The zero-order valence-corrected chi connectivity index (χ0v) is 12.1. The molecule has 1 aromatic rings. The Morgan fingerprint density at radius 1 is 1.39 bits per heavy atom. The molecule has 1 aliphatic rings. The van der Waals surface area contributed by atoms with E-state index < -0.39 is 10.8 Å². The average molecular weight is 265 g/mol. The summed E-state index contributed by atoms with van der Waals surface area (Å²) < 4.78 is 11.3. The third-order valence-electron chi connectivity index (χ3n) is 3.90. The molecule has 100 valence electrons.